The number of carbonyl (C=O) groups excluding carboxylic acids is 1. The van der Waals surface area contributed by atoms with Crippen LogP contribution in [0.15, 0.2) is 79.1 Å². The van der Waals surface area contributed by atoms with Crippen molar-refractivity contribution in [3.05, 3.63) is 118 Å². The topological polar surface area (TPSA) is 92.7 Å². The highest BCUT2D eigenvalue weighted by Crippen LogP contribution is 2.42. The van der Waals surface area contributed by atoms with Gasteiger partial charge in [0, 0.05) is 49.7 Å². The van der Waals surface area contributed by atoms with Crippen LogP contribution in [-0.4, -0.2) is 58.8 Å². The molecule has 0 saturated heterocycles. The van der Waals surface area contributed by atoms with Crippen LogP contribution in [0.3, 0.4) is 0 Å². The molecule has 4 aromatic rings. The molecule has 4 heterocycles. The first-order chi connectivity index (χ1) is 25.8. The fraction of sp³-hybridized carbons (Fsp3) is 0.385. The number of benzene rings is 2. The second-order valence-electron chi connectivity index (χ2n) is 13.2. The number of hydrogen-bond donors (Lipinski definition) is 1. The van der Waals surface area contributed by atoms with Gasteiger partial charge >= 0.3 is 18.4 Å². The number of fused-ring (bicyclic) bond motifs is 1. The van der Waals surface area contributed by atoms with Crippen molar-refractivity contribution in [1.29, 1.82) is 0 Å². The molecule has 9 nitrogen and oxygen atoms in total. The van der Waals surface area contributed by atoms with Crippen LogP contribution in [0.1, 0.15) is 84.5 Å². The number of pyridine rings is 1. The zero-order valence-corrected chi connectivity index (χ0v) is 29.9. The number of rotatable bonds is 10. The van der Waals surface area contributed by atoms with Crippen molar-refractivity contribution in [2.24, 2.45) is 0 Å². The summed E-state index contributed by atoms with van der Waals surface area (Å²) in [6.07, 6.45) is -4.19. The highest BCUT2D eigenvalue weighted by molar-refractivity contribution is 5.90. The van der Waals surface area contributed by atoms with E-state index in [0.29, 0.717) is 42.0 Å². The van der Waals surface area contributed by atoms with Crippen LogP contribution >= 0.6 is 0 Å². The van der Waals surface area contributed by atoms with Crippen LogP contribution < -0.4 is 15.0 Å². The molecule has 286 valence electrons. The van der Waals surface area contributed by atoms with Crippen molar-refractivity contribution < 1.29 is 40.6 Å². The van der Waals surface area contributed by atoms with Gasteiger partial charge in [0.2, 0.25) is 5.88 Å². The highest BCUT2D eigenvalue weighted by atomic mass is 19.4. The van der Waals surface area contributed by atoms with Crippen molar-refractivity contribution in [2.75, 3.05) is 31.7 Å². The quantitative estimate of drug-likeness (QED) is 0.161. The van der Waals surface area contributed by atoms with E-state index in [2.05, 4.69) is 43.4 Å². The maximum atomic E-state index is 14.1. The molecule has 0 aliphatic carbocycles. The number of ether oxygens (including phenoxy) is 2. The normalized spacial score (nSPS) is 18.5. The van der Waals surface area contributed by atoms with Crippen LogP contribution in [0.4, 0.5) is 36.8 Å². The first-order valence-corrected chi connectivity index (χ1v) is 17.6. The predicted molar refractivity (Wildman–Crippen MR) is 189 cm³/mol. The number of methoxy groups -OCH3 is 1. The Bertz CT molecular complexity index is 1920. The van der Waals surface area contributed by atoms with Crippen LogP contribution in [0.2, 0.25) is 0 Å². The number of anilines is 1. The van der Waals surface area contributed by atoms with Gasteiger partial charge in [-0.3, -0.25) is 15.1 Å². The maximum Gasteiger partial charge on any atom is 0.416 e. The van der Waals surface area contributed by atoms with Gasteiger partial charge < -0.3 is 9.47 Å². The molecule has 54 heavy (non-hydrogen) atoms. The lowest BCUT2D eigenvalue weighted by molar-refractivity contribution is -0.143. The second-order valence-corrected chi connectivity index (χ2v) is 13.2. The Morgan fingerprint density at radius 3 is 2.26 bits per heavy atom. The third-order valence-corrected chi connectivity index (χ3v) is 9.58. The van der Waals surface area contributed by atoms with Crippen molar-refractivity contribution in [2.45, 2.75) is 70.1 Å². The summed E-state index contributed by atoms with van der Waals surface area (Å²) >= 11 is 0. The lowest BCUT2D eigenvalue weighted by Crippen LogP contribution is -2.48. The Morgan fingerprint density at radius 1 is 0.963 bits per heavy atom. The minimum absolute atomic E-state index is 0.0472. The molecule has 15 heteroatoms. The minimum Gasteiger partial charge on any atom is -0.481 e. The number of carbonyl (C=O) groups is 1. The summed E-state index contributed by atoms with van der Waals surface area (Å²) in [6, 6.07) is 12.0. The third-order valence-electron chi connectivity index (χ3n) is 9.58. The average Bonchev–Trinajstić information content (AvgIpc) is 3.16. The van der Waals surface area contributed by atoms with Crippen molar-refractivity contribution >= 4 is 17.4 Å². The van der Waals surface area contributed by atoms with Gasteiger partial charge in [-0.2, -0.15) is 26.3 Å². The molecule has 0 spiro atoms. The molecule has 0 radical (unpaired) electrons. The molecule has 6 rings (SSSR count). The van der Waals surface area contributed by atoms with Gasteiger partial charge in [-0.15, -0.1) is 0 Å². The fourth-order valence-corrected chi connectivity index (χ4v) is 6.96. The maximum absolute atomic E-state index is 14.1. The molecular weight excluding hydrogens is 714 g/mol. The molecule has 1 unspecified atom stereocenters. The zero-order chi connectivity index (χ0) is 38.6. The van der Waals surface area contributed by atoms with Crippen LogP contribution in [-0.2, 0) is 23.6 Å². The Morgan fingerprint density at radius 2 is 1.65 bits per heavy atom. The van der Waals surface area contributed by atoms with Crippen LogP contribution in [0, 0.1) is 0 Å². The molecule has 1 amide bonds. The number of alkyl halides is 6. The molecule has 0 bridgehead atoms. The standard InChI is InChI=1S/C39H40F6N6O3/c1-4-30-19-31(35-32(13-14-33(49-35)53-3)51(30)37(52)54-5-2)48-34(26-16-28(38(40,41)42)18-29(17-26)39(43,44)45)36-46-20-27(21-47-36)25-12-9-15-50(23-25)22-24-10-7-6-8-11-24/h6-8,10-14,16-18,20-21,30-31,34,48H,4-5,9,15,19,22-23H2,1-3H3/t30-,31+,34?/m1/s1. The molecule has 0 saturated carbocycles. The van der Waals surface area contributed by atoms with Crippen LogP contribution in [0.25, 0.3) is 5.57 Å². The van der Waals surface area contributed by atoms with Gasteiger partial charge in [0.25, 0.3) is 0 Å². The summed E-state index contributed by atoms with van der Waals surface area (Å²) in [5.41, 5.74) is 0.171. The molecule has 2 aliphatic heterocycles. The molecule has 2 aromatic heterocycles. The highest BCUT2D eigenvalue weighted by Gasteiger charge is 2.41. The minimum atomic E-state index is -5.08. The Hall–Kier alpha value is -5.02. The molecule has 0 fully saturated rings. The average molecular weight is 755 g/mol. The second kappa shape index (κ2) is 16.1. The largest absolute Gasteiger partial charge is 0.481 e. The van der Waals surface area contributed by atoms with E-state index in [9.17, 15) is 31.1 Å². The Labute approximate surface area is 309 Å². The van der Waals surface area contributed by atoms with Gasteiger partial charge in [0.1, 0.15) is 5.82 Å². The molecule has 2 aliphatic rings. The van der Waals surface area contributed by atoms with E-state index in [4.69, 9.17) is 9.47 Å². The van der Waals surface area contributed by atoms with Crippen LogP contribution in [0.5, 0.6) is 5.88 Å². The van der Waals surface area contributed by atoms with E-state index in [1.165, 1.54) is 12.0 Å². The first-order valence-electron chi connectivity index (χ1n) is 17.6. The van der Waals surface area contributed by atoms with Gasteiger partial charge in [0.15, 0.2) is 0 Å². The number of nitrogens with zero attached hydrogens (tertiary/aromatic N) is 5. The Balaban J connectivity index is 1.41. The number of hydrogen-bond acceptors (Lipinski definition) is 8. The van der Waals surface area contributed by atoms with E-state index in [0.717, 1.165) is 30.6 Å². The first kappa shape index (κ1) is 38.7. The SMILES string of the molecule is CCOC(=O)N1c2ccc(OC)nc2[C@@H](NC(c2cc(C(F)(F)F)cc(C(F)(F)F)c2)c2ncc(C3=CCCN(Cc4ccccc4)C3)cn2)C[C@H]1CC. The third kappa shape index (κ3) is 8.68. The number of halogens is 6. The molecular formula is C39H40F6N6O3. The molecule has 3 atom stereocenters. The summed E-state index contributed by atoms with van der Waals surface area (Å²) in [7, 11) is 1.40. The fourth-order valence-electron chi connectivity index (χ4n) is 6.96. The summed E-state index contributed by atoms with van der Waals surface area (Å²) < 4.78 is 95.6. The summed E-state index contributed by atoms with van der Waals surface area (Å²) in [5, 5.41) is 3.26. The van der Waals surface area contributed by atoms with Gasteiger partial charge in [-0.1, -0.05) is 43.3 Å². The monoisotopic (exact) mass is 754 g/mol. The predicted octanol–water partition coefficient (Wildman–Crippen LogP) is 8.77. The lowest BCUT2D eigenvalue weighted by atomic mass is 9.91. The number of amides is 1. The summed E-state index contributed by atoms with van der Waals surface area (Å²) in [4.78, 5) is 30.6. The number of aromatic nitrogens is 3. The van der Waals surface area contributed by atoms with E-state index in [-0.39, 0.29) is 36.4 Å². The zero-order valence-electron chi connectivity index (χ0n) is 29.9. The summed E-state index contributed by atoms with van der Waals surface area (Å²) in [5.74, 6) is 0.144. The summed E-state index contributed by atoms with van der Waals surface area (Å²) in [6.45, 7) is 5.82. The Kier molecular flexibility index (Phi) is 11.6. The van der Waals surface area contributed by atoms with E-state index >= 15 is 0 Å². The van der Waals surface area contributed by atoms with E-state index < -0.39 is 47.7 Å². The van der Waals surface area contributed by atoms with Crippen molar-refractivity contribution in [3.63, 3.8) is 0 Å². The van der Waals surface area contributed by atoms with Gasteiger partial charge in [-0.05, 0) is 67.2 Å². The van der Waals surface area contributed by atoms with Crippen molar-refractivity contribution in [3.8, 4) is 5.88 Å². The van der Waals surface area contributed by atoms with Crippen molar-refractivity contribution in [1.82, 2.24) is 25.2 Å². The van der Waals surface area contributed by atoms with Gasteiger partial charge in [-0.25, -0.2) is 19.7 Å². The lowest BCUT2D eigenvalue weighted by Gasteiger charge is -2.40. The molecule has 2 aromatic carbocycles. The number of nitrogens with one attached hydrogen (secondary N) is 1. The van der Waals surface area contributed by atoms with E-state index in [1.54, 1.807) is 31.5 Å². The molecule has 1 N–H and O–H groups in total. The van der Waals surface area contributed by atoms with E-state index in [1.807, 2.05) is 25.1 Å². The smallest absolute Gasteiger partial charge is 0.416 e. The van der Waals surface area contributed by atoms with Gasteiger partial charge in [0.05, 0.1) is 48.3 Å².